The summed E-state index contributed by atoms with van der Waals surface area (Å²) in [5.41, 5.74) is 4.32. The lowest BCUT2D eigenvalue weighted by Crippen LogP contribution is -2.48. The van der Waals surface area contributed by atoms with Crippen molar-refractivity contribution in [2.24, 2.45) is 0 Å². The van der Waals surface area contributed by atoms with Gasteiger partial charge in [-0.3, -0.25) is 14.5 Å². The van der Waals surface area contributed by atoms with E-state index in [0.29, 0.717) is 25.8 Å². The van der Waals surface area contributed by atoms with Gasteiger partial charge in [-0.2, -0.15) is 10.4 Å². The smallest absolute Gasteiger partial charge is 0.223 e. The zero-order valence-electron chi connectivity index (χ0n) is 16.1. The van der Waals surface area contributed by atoms with Crippen molar-refractivity contribution in [3.8, 4) is 6.07 Å². The first-order chi connectivity index (χ1) is 13.1. The fourth-order valence-electron chi connectivity index (χ4n) is 3.63. The minimum atomic E-state index is 0.202. The van der Waals surface area contributed by atoms with E-state index in [9.17, 15) is 4.79 Å². The van der Waals surface area contributed by atoms with Crippen molar-refractivity contribution in [1.82, 2.24) is 19.7 Å². The van der Waals surface area contributed by atoms with Gasteiger partial charge >= 0.3 is 0 Å². The maximum atomic E-state index is 12.6. The Hall–Kier alpha value is -2.88. The van der Waals surface area contributed by atoms with E-state index in [1.165, 1.54) is 0 Å². The van der Waals surface area contributed by atoms with E-state index in [1.54, 1.807) is 12.4 Å². The Balaban J connectivity index is 1.52. The van der Waals surface area contributed by atoms with Crippen molar-refractivity contribution in [1.29, 1.82) is 5.26 Å². The van der Waals surface area contributed by atoms with Crippen LogP contribution in [-0.2, 0) is 17.8 Å². The van der Waals surface area contributed by atoms with Gasteiger partial charge in [-0.05, 0) is 38.0 Å². The van der Waals surface area contributed by atoms with Crippen LogP contribution in [-0.4, -0.2) is 51.8 Å². The third-order valence-electron chi connectivity index (χ3n) is 5.22. The highest BCUT2D eigenvalue weighted by Gasteiger charge is 2.22. The Morgan fingerprint density at radius 2 is 1.89 bits per heavy atom. The number of nitriles is 1. The molecule has 2 aromatic heterocycles. The minimum Gasteiger partial charge on any atom is -0.368 e. The number of carbonyl (C=O) groups excluding carboxylic acids is 1. The zero-order valence-corrected chi connectivity index (χ0v) is 16.1. The van der Waals surface area contributed by atoms with Crippen LogP contribution >= 0.6 is 0 Å². The maximum absolute atomic E-state index is 12.6. The number of amides is 1. The number of aromatic nitrogens is 3. The molecule has 142 valence electrons. The largest absolute Gasteiger partial charge is 0.368 e. The third-order valence-corrected chi connectivity index (χ3v) is 5.22. The number of rotatable bonds is 6. The number of nitrogens with zero attached hydrogens (tertiary/aromatic N) is 6. The van der Waals surface area contributed by atoms with Gasteiger partial charge in [0, 0.05) is 56.4 Å². The Kier molecular flexibility index (Phi) is 6.07. The molecule has 7 nitrogen and oxygen atoms in total. The second-order valence-electron chi connectivity index (χ2n) is 6.85. The van der Waals surface area contributed by atoms with E-state index in [0.717, 1.165) is 48.8 Å². The van der Waals surface area contributed by atoms with Gasteiger partial charge in [0.1, 0.15) is 0 Å². The molecule has 0 radical (unpaired) electrons. The zero-order chi connectivity index (χ0) is 19.2. The average Bonchev–Trinajstić information content (AvgIpc) is 2.98. The van der Waals surface area contributed by atoms with Gasteiger partial charge in [0.05, 0.1) is 24.7 Å². The van der Waals surface area contributed by atoms with Crippen molar-refractivity contribution in [2.75, 3.05) is 31.1 Å². The maximum Gasteiger partial charge on any atom is 0.223 e. The summed E-state index contributed by atoms with van der Waals surface area (Å²) >= 11 is 0. The first-order valence-corrected chi connectivity index (χ1v) is 9.42. The van der Waals surface area contributed by atoms with Gasteiger partial charge in [-0.1, -0.05) is 0 Å². The SMILES string of the molecule is Cc1nn(CCC#N)c(C)c1CCC(=O)N1CCN(c2ccncc2)CC1. The first-order valence-electron chi connectivity index (χ1n) is 9.42. The van der Waals surface area contributed by atoms with E-state index in [1.807, 2.05) is 35.6 Å². The van der Waals surface area contributed by atoms with Gasteiger partial charge in [0.25, 0.3) is 0 Å². The summed E-state index contributed by atoms with van der Waals surface area (Å²) in [6.45, 7) is 7.79. The molecule has 1 amide bonds. The van der Waals surface area contributed by atoms with E-state index in [2.05, 4.69) is 21.1 Å². The second kappa shape index (κ2) is 8.67. The van der Waals surface area contributed by atoms with Crippen LogP contribution in [0.3, 0.4) is 0 Å². The molecule has 27 heavy (non-hydrogen) atoms. The van der Waals surface area contributed by atoms with Crippen molar-refractivity contribution in [3.63, 3.8) is 0 Å². The Labute approximate surface area is 160 Å². The summed E-state index contributed by atoms with van der Waals surface area (Å²) in [5, 5.41) is 13.3. The molecule has 1 saturated heterocycles. The normalized spacial score (nSPS) is 14.3. The molecular weight excluding hydrogens is 340 g/mol. The molecular formula is C20H26N6O. The lowest BCUT2D eigenvalue weighted by molar-refractivity contribution is -0.131. The number of piperazine rings is 1. The molecule has 7 heteroatoms. The molecule has 0 aromatic carbocycles. The first kappa shape index (κ1) is 18.9. The van der Waals surface area contributed by atoms with Crippen LogP contribution in [0.25, 0.3) is 0 Å². The summed E-state index contributed by atoms with van der Waals surface area (Å²) in [5.74, 6) is 0.202. The van der Waals surface area contributed by atoms with Crippen molar-refractivity contribution >= 4 is 11.6 Å². The molecule has 0 saturated carbocycles. The van der Waals surface area contributed by atoms with Crippen LogP contribution in [0, 0.1) is 25.2 Å². The number of anilines is 1. The minimum absolute atomic E-state index is 0.202. The number of aryl methyl sites for hydroxylation is 2. The number of pyridine rings is 1. The second-order valence-corrected chi connectivity index (χ2v) is 6.85. The Morgan fingerprint density at radius 1 is 1.19 bits per heavy atom. The highest BCUT2D eigenvalue weighted by Crippen LogP contribution is 2.18. The monoisotopic (exact) mass is 366 g/mol. The van der Waals surface area contributed by atoms with E-state index < -0.39 is 0 Å². The predicted molar refractivity (Wildman–Crippen MR) is 103 cm³/mol. The van der Waals surface area contributed by atoms with Gasteiger partial charge in [-0.25, -0.2) is 0 Å². The Bertz CT molecular complexity index is 815. The van der Waals surface area contributed by atoms with Gasteiger partial charge in [0.15, 0.2) is 0 Å². The van der Waals surface area contributed by atoms with Gasteiger partial charge in [0.2, 0.25) is 5.91 Å². The molecule has 0 bridgehead atoms. The molecule has 0 aliphatic carbocycles. The Morgan fingerprint density at radius 3 is 2.56 bits per heavy atom. The van der Waals surface area contributed by atoms with Crippen molar-refractivity contribution < 1.29 is 4.79 Å². The highest BCUT2D eigenvalue weighted by atomic mass is 16.2. The van der Waals surface area contributed by atoms with Crippen LogP contribution in [0.2, 0.25) is 0 Å². The van der Waals surface area contributed by atoms with Crippen LogP contribution < -0.4 is 4.90 Å². The van der Waals surface area contributed by atoms with Crippen LogP contribution in [0.1, 0.15) is 29.8 Å². The molecule has 2 aromatic rings. The van der Waals surface area contributed by atoms with Crippen LogP contribution in [0.4, 0.5) is 5.69 Å². The molecule has 3 heterocycles. The molecule has 1 aliphatic rings. The fraction of sp³-hybridized carbons (Fsp3) is 0.500. The average molecular weight is 366 g/mol. The summed E-state index contributed by atoms with van der Waals surface area (Å²) in [7, 11) is 0. The third kappa shape index (κ3) is 4.45. The van der Waals surface area contributed by atoms with Gasteiger partial charge in [-0.15, -0.1) is 0 Å². The molecule has 0 unspecified atom stereocenters. The molecule has 3 rings (SSSR count). The topological polar surface area (TPSA) is 78.0 Å². The van der Waals surface area contributed by atoms with Gasteiger partial charge < -0.3 is 9.80 Å². The lowest BCUT2D eigenvalue weighted by Gasteiger charge is -2.36. The van der Waals surface area contributed by atoms with Crippen LogP contribution in [0.5, 0.6) is 0 Å². The molecule has 0 spiro atoms. The van der Waals surface area contributed by atoms with Crippen LogP contribution in [0.15, 0.2) is 24.5 Å². The molecule has 1 aliphatic heterocycles. The number of hydrogen-bond donors (Lipinski definition) is 0. The van der Waals surface area contributed by atoms with E-state index in [-0.39, 0.29) is 5.91 Å². The fourth-order valence-corrected chi connectivity index (χ4v) is 3.63. The summed E-state index contributed by atoms with van der Waals surface area (Å²) in [4.78, 5) is 20.9. The molecule has 0 atom stereocenters. The predicted octanol–water partition coefficient (Wildman–Crippen LogP) is 2.09. The highest BCUT2D eigenvalue weighted by molar-refractivity contribution is 5.77. The summed E-state index contributed by atoms with van der Waals surface area (Å²) in [6, 6.07) is 6.17. The lowest BCUT2D eigenvalue weighted by atomic mass is 10.1. The van der Waals surface area contributed by atoms with E-state index >= 15 is 0 Å². The number of hydrogen-bond acceptors (Lipinski definition) is 5. The quantitative estimate of drug-likeness (QED) is 0.782. The van der Waals surface area contributed by atoms with E-state index in [4.69, 9.17) is 5.26 Å². The van der Waals surface area contributed by atoms with Crippen molar-refractivity contribution in [3.05, 3.63) is 41.5 Å². The summed E-state index contributed by atoms with van der Waals surface area (Å²) in [6.07, 6.45) is 5.25. The molecule has 0 N–H and O–H groups in total. The van der Waals surface area contributed by atoms with Crippen molar-refractivity contribution in [2.45, 2.75) is 39.7 Å². The molecule has 1 fully saturated rings. The standard InChI is InChI=1S/C20H26N6O/c1-16-19(17(2)26(23-16)11-3-8-21)4-5-20(27)25-14-12-24(13-15-25)18-6-9-22-10-7-18/h6-7,9-10H,3-5,11-15H2,1-2H3. The number of carbonyl (C=O) groups is 1. The summed E-state index contributed by atoms with van der Waals surface area (Å²) < 4.78 is 1.88.